The van der Waals surface area contributed by atoms with Crippen molar-refractivity contribution in [1.82, 2.24) is 14.8 Å². The molecular weight excluding hydrogens is 258 g/mol. The van der Waals surface area contributed by atoms with Crippen LogP contribution in [-0.4, -0.2) is 14.8 Å². The summed E-state index contributed by atoms with van der Waals surface area (Å²) < 4.78 is 1.76. The van der Waals surface area contributed by atoms with Crippen molar-refractivity contribution in [2.45, 2.75) is 6.92 Å². The number of hydrogen-bond donors (Lipinski definition) is 0. The molecule has 0 atom stereocenters. The molecule has 4 heteroatoms. The summed E-state index contributed by atoms with van der Waals surface area (Å²) in [6.07, 6.45) is 5.51. The van der Waals surface area contributed by atoms with Crippen LogP contribution in [-0.2, 0) is 0 Å². The monoisotopic (exact) mass is 269 g/mol. The summed E-state index contributed by atoms with van der Waals surface area (Å²) in [7, 11) is 0. The minimum atomic E-state index is 0.722. The highest BCUT2D eigenvalue weighted by Crippen LogP contribution is 2.27. The lowest BCUT2D eigenvalue weighted by Crippen LogP contribution is -1.97. The first-order chi connectivity index (χ1) is 9.24. The van der Waals surface area contributed by atoms with Crippen molar-refractivity contribution in [1.29, 1.82) is 0 Å². The summed E-state index contributed by atoms with van der Waals surface area (Å²) in [4.78, 5) is 4.31. The van der Waals surface area contributed by atoms with Crippen LogP contribution in [0.5, 0.6) is 0 Å². The number of rotatable bonds is 2. The molecule has 3 aromatic rings. The fourth-order valence-corrected chi connectivity index (χ4v) is 2.17. The van der Waals surface area contributed by atoms with Crippen LogP contribution in [0.1, 0.15) is 5.56 Å². The van der Waals surface area contributed by atoms with E-state index in [4.69, 9.17) is 11.6 Å². The zero-order chi connectivity index (χ0) is 13.2. The van der Waals surface area contributed by atoms with E-state index in [2.05, 4.69) is 10.1 Å². The predicted molar refractivity (Wildman–Crippen MR) is 76.5 cm³/mol. The molecule has 0 saturated carbocycles. The third kappa shape index (κ3) is 2.37. The number of pyridine rings is 1. The molecule has 0 spiro atoms. The molecule has 3 rings (SSSR count). The highest BCUT2D eigenvalue weighted by atomic mass is 35.5. The Balaban J connectivity index is 2.03. The average Bonchev–Trinajstić information content (AvgIpc) is 2.89. The van der Waals surface area contributed by atoms with Crippen molar-refractivity contribution in [3.63, 3.8) is 0 Å². The van der Waals surface area contributed by atoms with Gasteiger partial charge in [-0.15, -0.1) is 0 Å². The molecule has 0 aliphatic rings. The van der Waals surface area contributed by atoms with Crippen molar-refractivity contribution in [3.8, 4) is 16.9 Å². The molecule has 0 fully saturated rings. The van der Waals surface area contributed by atoms with E-state index in [1.165, 1.54) is 0 Å². The first-order valence-corrected chi connectivity index (χ1v) is 6.34. The summed E-state index contributed by atoms with van der Waals surface area (Å²) in [6.45, 7) is 2.03. The third-order valence-corrected chi connectivity index (χ3v) is 3.23. The van der Waals surface area contributed by atoms with E-state index < -0.39 is 0 Å². The van der Waals surface area contributed by atoms with Crippen molar-refractivity contribution >= 4 is 11.6 Å². The number of nitrogens with zero attached hydrogens (tertiary/aromatic N) is 3. The number of aryl methyl sites for hydroxylation is 1. The van der Waals surface area contributed by atoms with Crippen LogP contribution in [0.15, 0.2) is 55.0 Å². The second kappa shape index (κ2) is 4.86. The molecule has 94 valence electrons. The SMILES string of the molecule is Cc1ccnc(-n2cc(-c3ccccc3Cl)cn2)c1. The molecule has 0 radical (unpaired) electrons. The van der Waals surface area contributed by atoms with Crippen molar-refractivity contribution in [2.75, 3.05) is 0 Å². The average molecular weight is 270 g/mol. The van der Waals surface area contributed by atoms with E-state index in [9.17, 15) is 0 Å². The lowest BCUT2D eigenvalue weighted by Gasteiger charge is -2.01. The Hall–Kier alpha value is -2.13. The maximum Gasteiger partial charge on any atom is 0.153 e. The lowest BCUT2D eigenvalue weighted by atomic mass is 10.1. The van der Waals surface area contributed by atoms with Crippen LogP contribution in [0.2, 0.25) is 5.02 Å². The Morgan fingerprint density at radius 2 is 2.00 bits per heavy atom. The van der Waals surface area contributed by atoms with Crippen molar-refractivity contribution < 1.29 is 0 Å². The van der Waals surface area contributed by atoms with Crippen LogP contribution in [0, 0.1) is 6.92 Å². The van der Waals surface area contributed by atoms with Crippen LogP contribution in [0.3, 0.4) is 0 Å². The quantitative estimate of drug-likeness (QED) is 0.706. The summed E-state index contributed by atoms with van der Waals surface area (Å²) in [5.74, 6) is 0.804. The van der Waals surface area contributed by atoms with Gasteiger partial charge in [0, 0.05) is 28.5 Å². The summed E-state index contributed by atoms with van der Waals surface area (Å²) in [5, 5.41) is 5.06. The topological polar surface area (TPSA) is 30.7 Å². The molecule has 0 aliphatic carbocycles. The summed E-state index contributed by atoms with van der Waals surface area (Å²) in [5.41, 5.74) is 3.11. The molecule has 0 N–H and O–H groups in total. The molecule has 0 unspecified atom stereocenters. The standard InChI is InChI=1S/C15H12ClN3/c1-11-6-7-17-15(8-11)19-10-12(9-18-19)13-4-2-3-5-14(13)16/h2-10H,1H3. The fraction of sp³-hybridized carbons (Fsp3) is 0.0667. The van der Waals surface area contributed by atoms with Crippen molar-refractivity contribution in [2.24, 2.45) is 0 Å². The molecular formula is C15H12ClN3. The van der Waals surface area contributed by atoms with Gasteiger partial charge < -0.3 is 0 Å². The molecule has 0 aliphatic heterocycles. The van der Waals surface area contributed by atoms with Crippen molar-refractivity contribution in [3.05, 3.63) is 65.6 Å². The van der Waals surface area contributed by atoms with E-state index in [1.54, 1.807) is 17.1 Å². The normalized spacial score (nSPS) is 10.6. The molecule has 0 saturated heterocycles. The minimum absolute atomic E-state index is 0.722. The Morgan fingerprint density at radius 3 is 2.79 bits per heavy atom. The minimum Gasteiger partial charge on any atom is -0.237 e. The van der Waals surface area contributed by atoms with Crippen LogP contribution in [0.25, 0.3) is 16.9 Å². The number of aromatic nitrogens is 3. The first kappa shape index (κ1) is 11.9. The largest absolute Gasteiger partial charge is 0.237 e. The van der Waals surface area contributed by atoms with Gasteiger partial charge in [-0.1, -0.05) is 29.8 Å². The van der Waals surface area contributed by atoms with E-state index >= 15 is 0 Å². The van der Waals surface area contributed by atoms with Gasteiger partial charge in [-0.05, 0) is 30.7 Å². The zero-order valence-electron chi connectivity index (χ0n) is 10.4. The van der Waals surface area contributed by atoms with Gasteiger partial charge in [0.2, 0.25) is 0 Å². The predicted octanol–water partition coefficient (Wildman–Crippen LogP) is 3.90. The second-order valence-corrected chi connectivity index (χ2v) is 4.75. The Kier molecular flexibility index (Phi) is 3.05. The van der Waals surface area contributed by atoms with E-state index in [-0.39, 0.29) is 0 Å². The van der Waals surface area contributed by atoms with Gasteiger partial charge >= 0.3 is 0 Å². The molecule has 1 aromatic carbocycles. The molecule has 0 bridgehead atoms. The smallest absolute Gasteiger partial charge is 0.153 e. The van der Waals surface area contributed by atoms with E-state index in [0.717, 1.165) is 27.5 Å². The number of hydrogen-bond acceptors (Lipinski definition) is 2. The van der Waals surface area contributed by atoms with Gasteiger partial charge in [-0.3, -0.25) is 0 Å². The number of halogens is 1. The van der Waals surface area contributed by atoms with Crippen LogP contribution in [0.4, 0.5) is 0 Å². The van der Waals surface area contributed by atoms with Gasteiger partial charge in [0.1, 0.15) is 0 Å². The van der Waals surface area contributed by atoms with Gasteiger partial charge in [-0.25, -0.2) is 9.67 Å². The Labute approximate surface area is 116 Å². The number of benzene rings is 1. The highest BCUT2D eigenvalue weighted by molar-refractivity contribution is 6.33. The molecule has 0 amide bonds. The van der Waals surface area contributed by atoms with Gasteiger partial charge in [-0.2, -0.15) is 5.10 Å². The lowest BCUT2D eigenvalue weighted by molar-refractivity contribution is 0.845. The van der Waals surface area contributed by atoms with Gasteiger partial charge in [0.15, 0.2) is 5.82 Å². The Bertz CT molecular complexity index is 719. The second-order valence-electron chi connectivity index (χ2n) is 4.34. The van der Waals surface area contributed by atoms with Crippen LogP contribution >= 0.6 is 11.6 Å². The molecule has 2 heterocycles. The summed E-state index contributed by atoms with van der Waals surface area (Å²) >= 11 is 6.19. The van der Waals surface area contributed by atoms with Gasteiger partial charge in [0.05, 0.1) is 6.20 Å². The highest BCUT2D eigenvalue weighted by Gasteiger charge is 2.07. The van der Waals surface area contributed by atoms with Crippen LogP contribution < -0.4 is 0 Å². The first-order valence-electron chi connectivity index (χ1n) is 5.96. The maximum absolute atomic E-state index is 6.19. The van der Waals surface area contributed by atoms with E-state index in [1.807, 2.05) is 49.5 Å². The molecule has 19 heavy (non-hydrogen) atoms. The zero-order valence-corrected chi connectivity index (χ0v) is 11.2. The van der Waals surface area contributed by atoms with E-state index in [0.29, 0.717) is 0 Å². The van der Waals surface area contributed by atoms with Gasteiger partial charge in [0.25, 0.3) is 0 Å². The molecule has 3 nitrogen and oxygen atoms in total. The Morgan fingerprint density at radius 1 is 1.16 bits per heavy atom. The maximum atomic E-state index is 6.19. The molecule has 2 aromatic heterocycles. The fourth-order valence-electron chi connectivity index (χ4n) is 1.93. The third-order valence-electron chi connectivity index (χ3n) is 2.90. The summed E-state index contributed by atoms with van der Waals surface area (Å²) in [6, 6.07) is 11.7.